The number of hydrogen-bond donors (Lipinski definition) is 0. The van der Waals surface area contributed by atoms with Crippen LogP contribution in [0.3, 0.4) is 0 Å². The van der Waals surface area contributed by atoms with Gasteiger partial charge in [-0.15, -0.1) is 0 Å². The largest absolute Gasteiger partial charge is 0.456 e. The summed E-state index contributed by atoms with van der Waals surface area (Å²) in [5.74, 6) is 1.72. The second kappa shape index (κ2) is 12.7. The first-order valence-corrected chi connectivity index (χ1v) is 20.2. The van der Waals surface area contributed by atoms with Gasteiger partial charge in [0.05, 0.1) is 0 Å². The molecule has 13 rings (SSSR count). The van der Waals surface area contributed by atoms with Gasteiger partial charge in [0.15, 0.2) is 17.5 Å². The van der Waals surface area contributed by atoms with Gasteiger partial charge in [-0.25, -0.2) is 15.0 Å². The van der Waals surface area contributed by atoms with E-state index in [9.17, 15) is 0 Å². The molecule has 3 heterocycles. The third-order valence-corrected chi connectivity index (χ3v) is 12.1. The van der Waals surface area contributed by atoms with Gasteiger partial charge in [-0.2, -0.15) is 0 Å². The molecule has 5 heteroatoms. The van der Waals surface area contributed by atoms with Crippen molar-refractivity contribution in [1.82, 2.24) is 15.0 Å². The molecule has 13 aromatic rings. The number of rotatable bonds is 4. The summed E-state index contributed by atoms with van der Waals surface area (Å²) in [5.41, 5.74) is 7.92. The molecule has 0 aliphatic carbocycles. The maximum absolute atomic E-state index is 6.86. The topological polar surface area (TPSA) is 65.0 Å². The van der Waals surface area contributed by atoms with Crippen molar-refractivity contribution in [2.24, 2.45) is 0 Å². The van der Waals surface area contributed by atoms with Crippen molar-refractivity contribution in [1.29, 1.82) is 0 Å². The van der Waals surface area contributed by atoms with Crippen LogP contribution in [0.5, 0.6) is 0 Å². The monoisotopic (exact) mass is 765 g/mol. The van der Waals surface area contributed by atoms with Crippen LogP contribution in [-0.2, 0) is 0 Å². The molecule has 0 fully saturated rings. The van der Waals surface area contributed by atoms with Crippen LogP contribution in [0.4, 0.5) is 0 Å². The van der Waals surface area contributed by atoms with Crippen molar-refractivity contribution in [3.05, 3.63) is 188 Å². The van der Waals surface area contributed by atoms with E-state index in [1.807, 2.05) is 42.5 Å². The lowest BCUT2D eigenvalue weighted by atomic mass is 9.91. The second-order valence-corrected chi connectivity index (χ2v) is 15.5. The first-order valence-electron chi connectivity index (χ1n) is 20.2. The van der Waals surface area contributed by atoms with Gasteiger partial charge in [0.25, 0.3) is 0 Å². The molecule has 0 amide bonds. The van der Waals surface area contributed by atoms with Gasteiger partial charge in [0.1, 0.15) is 22.3 Å². The summed E-state index contributed by atoms with van der Waals surface area (Å²) in [6.45, 7) is 0. The van der Waals surface area contributed by atoms with E-state index in [4.69, 9.17) is 23.8 Å². The Bertz CT molecular complexity index is 3880. The standard InChI is InChI=1S/C55H31N3O2/c1-2-13-33-30-35(25-24-32(33)12-1)53-56-54(44-20-11-23-49-50(44)42-18-7-9-21-47(42)59-49)58-55(57-53)45-29-28-36(52-51(45)43-19-8-10-22-48(43)60-52)34-26-27-41-39-16-4-3-14-37(39)38-15-5-6-17-40(38)46(41)31-34/h1-31H. The van der Waals surface area contributed by atoms with Crippen molar-refractivity contribution >= 4 is 87.0 Å². The van der Waals surface area contributed by atoms with E-state index < -0.39 is 0 Å². The number of nitrogens with zero attached hydrogens (tertiary/aromatic N) is 3. The molecular weight excluding hydrogens is 735 g/mol. The van der Waals surface area contributed by atoms with Gasteiger partial charge >= 0.3 is 0 Å². The lowest BCUT2D eigenvalue weighted by molar-refractivity contribution is 0.669. The highest BCUT2D eigenvalue weighted by Crippen LogP contribution is 2.44. The maximum Gasteiger partial charge on any atom is 0.164 e. The summed E-state index contributed by atoms with van der Waals surface area (Å²) in [4.78, 5) is 15.9. The number of para-hydroxylation sites is 2. The van der Waals surface area contributed by atoms with Gasteiger partial charge < -0.3 is 8.83 Å². The average molecular weight is 766 g/mol. The van der Waals surface area contributed by atoms with Crippen LogP contribution in [0.2, 0.25) is 0 Å². The molecule has 0 spiro atoms. The van der Waals surface area contributed by atoms with E-state index in [0.29, 0.717) is 17.5 Å². The second-order valence-electron chi connectivity index (χ2n) is 15.5. The van der Waals surface area contributed by atoms with E-state index in [1.165, 1.54) is 32.3 Å². The van der Waals surface area contributed by atoms with Gasteiger partial charge in [-0.05, 0) is 91.1 Å². The van der Waals surface area contributed by atoms with Crippen LogP contribution in [-0.4, -0.2) is 15.0 Å². The number of benzene rings is 10. The Morgan fingerprint density at radius 2 is 0.800 bits per heavy atom. The Morgan fingerprint density at radius 3 is 1.53 bits per heavy atom. The van der Waals surface area contributed by atoms with Crippen molar-refractivity contribution in [3.8, 4) is 45.3 Å². The van der Waals surface area contributed by atoms with Gasteiger partial charge in [-0.3, -0.25) is 0 Å². The van der Waals surface area contributed by atoms with E-state index in [-0.39, 0.29) is 0 Å². The molecule has 5 nitrogen and oxygen atoms in total. The van der Waals surface area contributed by atoms with E-state index >= 15 is 0 Å². The molecule has 10 aromatic carbocycles. The fourth-order valence-corrected chi connectivity index (χ4v) is 9.35. The molecule has 0 saturated heterocycles. The molecule has 0 unspecified atom stereocenters. The van der Waals surface area contributed by atoms with Crippen LogP contribution in [0.25, 0.3) is 132 Å². The molecule has 278 valence electrons. The fourth-order valence-electron chi connectivity index (χ4n) is 9.35. The zero-order valence-corrected chi connectivity index (χ0v) is 32.1. The van der Waals surface area contributed by atoms with Crippen LogP contribution in [0.15, 0.2) is 197 Å². The maximum atomic E-state index is 6.86. The minimum atomic E-state index is 0.562. The molecule has 0 aliphatic heterocycles. The number of fused-ring (bicyclic) bond motifs is 13. The highest BCUT2D eigenvalue weighted by Gasteiger charge is 2.23. The number of hydrogen-bond acceptors (Lipinski definition) is 5. The van der Waals surface area contributed by atoms with Gasteiger partial charge in [-0.1, -0.05) is 146 Å². The van der Waals surface area contributed by atoms with Crippen molar-refractivity contribution in [3.63, 3.8) is 0 Å². The SMILES string of the molecule is c1ccc2cc(-c3nc(-c4cccc5oc6ccccc6c45)nc(-c4ccc(-c5ccc6c7ccccc7c7ccccc7c6c5)c5oc6ccccc6c45)n3)ccc2c1. The first-order chi connectivity index (χ1) is 29.7. The smallest absolute Gasteiger partial charge is 0.164 e. The minimum Gasteiger partial charge on any atom is -0.456 e. The zero-order valence-electron chi connectivity index (χ0n) is 32.1. The van der Waals surface area contributed by atoms with Crippen LogP contribution >= 0.6 is 0 Å². The quantitative estimate of drug-likeness (QED) is 0.167. The zero-order chi connectivity index (χ0) is 39.3. The Hall–Kier alpha value is -8.15. The summed E-state index contributed by atoms with van der Waals surface area (Å²) in [6.07, 6.45) is 0. The van der Waals surface area contributed by atoms with E-state index in [0.717, 1.165) is 82.5 Å². The Labute approximate surface area is 342 Å². The Kier molecular flexibility index (Phi) is 6.95. The summed E-state index contributed by atoms with van der Waals surface area (Å²) in [7, 11) is 0. The Morgan fingerprint density at radius 1 is 0.283 bits per heavy atom. The van der Waals surface area contributed by atoms with Gasteiger partial charge in [0.2, 0.25) is 0 Å². The molecular formula is C55H31N3O2. The third-order valence-electron chi connectivity index (χ3n) is 12.1. The lowest BCUT2D eigenvalue weighted by Crippen LogP contribution is -2.01. The number of furan rings is 2. The van der Waals surface area contributed by atoms with Crippen LogP contribution in [0, 0.1) is 0 Å². The molecule has 60 heavy (non-hydrogen) atoms. The first kappa shape index (κ1) is 32.9. The normalized spacial score (nSPS) is 12.0. The molecule has 0 aliphatic rings. The van der Waals surface area contributed by atoms with E-state index in [1.54, 1.807) is 0 Å². The summed E-state index contributed by atoms with van der Waals surface area (Å²) >= 11 is 0. The highest BCUT2D eigenvalue weighted by molar-refractivity contribution is 6.26. The predicted molar refractivity (Wildman–Crippen MR) is 246 cm³/mol. The molecule has 0 N–H and O–H groups in total. The van der Waals surface area contributed by atoms with Crippen molar-refractivity contribution in [2.75, 3.05) is 0 Å². The van der Waals surface area contributed by atoms with E-state index in [2.05, 4.69) is 146 Å². The Balaban J connectivity index is 1.08. The van der Waals surface area contributed by atoms with Crippen LogP contribution in [0.1, 0.15) is 0 Å². The highest BCUT2D eigenvalue weighted by atomic mass is 16.3. The average Bonchev–Trinajstić information content (AvgIpc) is 3.90. The molecule has 3 aromatic heterocycles. The molecule has 0 saturated carbocycles. The molecule has 0 atom stereocenters. The molecule has 0 radical (unpaired) electrons. The minimum absolute atomic E-state index is 0.562. The van der Waals surface area contributed by atoms with Crippen molar-refractivity contribution in [2.45, 2.75) is 0 Å². The predicted octanol–water partition coefficient (Wildman–Crippen LogP) is 15.0. The lowest BCUT2D eigenvalue weighted by Gasteiger charge is -2.13. The summed E-state index contributed by atoms with van der Waals surface area (Å²) in [5, 5.41) is 13.6. The number of aromatic nitrogens is 3. The summed E-state index contributed by atoms with van der Waals surface area (Å²) in [6, 6.07) is 65.7. The van der Waals surface area contributed by atoms with Crippen LogP contribution < -0.4 is 0 Å². The molecule has 0 bridgehead atoms. The van der Waals surface area contributed by atoms with Crippen molar-refractivity contribution < 1.29 is 8.83 Å². The third kappa shape index (κ3) is 4.90. The van der Waals surface area contributed by atoms with Gasteiger partial charge in [0, 0.05) is 43.8 Å². The summed E-state index contributed by atoms with van der Waals surface area (Å²) < 4.78 is 13.2. The fraction of sp³-hybridized carbons (Fsp3) is 0.